The lowest BCUT2D eigenvalue weighted by atomic mass is 9.82. The second-order valence-corrected chi connectivity index (χ2v) is 12.7. The summed E-state index contributed by atoms with van der Waals surface area (Å²) in [5.74, 6) is 0. The molecule has 0 atom stereocenters. The average Bonchev–Trinajstić information content (AvgIpc) is 3.41. The second kappa shape index (κ2) is 10.1. The molecule has 7 rings (SSSR count). The molecule has 0 radical (unpaired) electrons. The smallest absolute Gasteiger partial charge is 0.0434 e. The van der Waals surface area contributed by atoms with Crippen LogP contribution in [0.25, 0.3) is 64.7 Å². The summed E-state index contributed by atoms with van der Waals surface area (Å²) in [6.07, 6.45) is 3.73. The van der Waals surface area contributed by atoms with Gasteiger partial charge in [-0.3, -0.25) is 4.98 Å². The van der Waals surface area contributed by atoms with Crippen molar-refractivity contribution in [2.75, 3.05) is 0 Å². The lowest BCUT2D eigenvalue weighted by Gasteiger charge is -2.23. The normalized spacial score (nSPS) is 11.8. The molecule has 198 valence electrons. The number of benzene rings is 5. The maximum absolute atomic E-state index is 4.28. The summed E-state index contributed by atoms with van der Waals surface area (Å²) in [7, 11) is 0. The van der Waals surface area contributed by atoms with Gasteiger partial charge in [-0.05, 0) is 61.6 Å². The van der Waals surface area contributed by atoms with E-state index in [9.17, 15) is 0 Å². The number of fused-ring (bicyclic) bond motifs is 3. The summed E-state index contributed by atoms with van der Waals surface area (Å²) in [5.41, 5.74) is 11.4. The monoisotopic (exact) mass is 545 g/mol. The van der Waals surface area contributed by atoms with Gasteiger partial charge in [0.2, 0.25) is 0 Å². The van der Waals surface area contributed by atoms with Crippen LogP contribution >= 0.6 is 11.3 Å². The SMILES string of the molecule is CC(C)(C)c1ccccc1-c1ccc(-c2cccc3c2sc2c(-c4ccc(-c5cccnc5)cc4)cccc23)cc1. The molecular formula is C39H31NS. The van der Waals surface area contributed by atoms with Crippen LogP contribution in [0, 0.1) is 0 Å². The van der Waals surface area contributed by atoms with Crippen LogP contribution in [-0.2, 0) is 5.41 Å². The number of rotatable bonds is 4. The lowest BCUT2D eigenvalue weighted by Crippen LogP contribution is -2.12. The van der Waals surface area contributed by atoms with Crippen LogP contribution in [0.2, 0.25) is 0 Å². The first-order valence-electron chi connectivity index (χ1n) is 14.1. The van der Waals surface area contributed by atoms with Gasteiger partial charge in [0, 0.05) is 32.6 Å². The molecule has 0 saturated heterocycles. The van der Waals surface area contributed by atoms with E-state index < -0.39 is 0 Å². The summed E-state index contributed by atoms with van der Waals surface area (Å²) >= 11 is 1.90. The van der Waals surface area contributed by atoms with Crippen LogP contribution in [0.4, 0.5) is 0 Å². The molecular weight excluding hydrogens is 515 g/mol. The molecule has 2 heteroatoms. The minimum atomic E-state index is 0.0920. The predicted octanol–water partition coefficient (Wildman–Crippen LogP) is 11.4. The minimum absolute atomic E-state index is 0.0920. The maximum atomic E-state index is 4.28. The van der Waals surface area contributed by atoms with Crippen molar-refractivity contribution in [1.82, 2.24) is 4.98 Å². The Morgan fingerprint density at radius 3 is 1.51 bits per heavy atom. The molecule has 2 aromatic heterocycles. The number of pyridine rings is 1. The van der Waals surface area contributed by atoms with Gasteiger partial charge in [0.15, 0.2) is 0 Å². The van der Waals surface area contributed by atoms with Crippen molar-refractivity contribution in [3.8, 4) is 44.5 Å². The quantitative estimate of drug-likeness (QED) is 0.214. The van der Waals surface area contributed by atoms with Gasteiger partial charge in [0.25, 0.3) is 0 Å². The first-order chi connectivity index (χ1) is 20.0. The van der Waals surface area contributed by atoms with E-state index in [0.29, 0.717) is 0 Å². The zero-order chi connectivity index (χ0) is 28.0. The van der Waals surface area contributed by atoms with Crippen molar-refractivity contribution in [2.45, 2.75) is 26.2 Å². The highest BCUT2D eigenvalue weighted by Crippen LogP contribution is 2.44. The first kappa shape index (κ1) is 25.4. The number of hydrogen-bond donors (Lipinski definition) is 0. The Labute approximate surface area is 245 Å². The fraction of sp³-hybridized carbons (Fsp3) is 0.103. The predicted molar refractivity (Wildman–Crippen MR) is 178 cm³/mol. The van der Waals surface area contributed by atoms with Crippen LogP contribution in [0.3, 0.4) is 0 Å². The van der Waals surface area contributed by atoms with E-state index in [0.717, 1.165) is 5.56 Å². The Hall–Kier alpha value is -4.53. The number of nitrogens with zero attached hydrogens (tertiary/aromatic N) is 1. The fourth-order valence-electron chi connectivity index (χ4n) is 5.87. The molecule has 5 aromatic carbocycles. The van der Waals surface area contributed by atoms with Crippen LogP contribution in [0.15, 0.2) is 134 Å². The molecule has 0 N–H and O–H groups in total. The van der Waals surface area contributed by atoms with Crippen molar-refractivity contribution in [1.29, 1.82) is 0 Å². The molecule has 0 fully saturated rings. The third kappa shape index (κ3) is 4.65. The highest BCUT2D eigenvalue weighted by molar-refractivity contribution is 7.26. The molecule has 0 unspecified atom stereocenters. The van der Waals surface area contributed by atoms with E-state index >= 15 is 0 Å². The third-order valence-corrected chi connectivity index (χ3v) is 9.25. The fourth-order valence-corrected chi connectivity index (χ4v) is 7.24. The van der Waals surface area contributed by atoms with Gasteiger partial charge in [-0.15, -0.1) is 11.3 Å². The van der Waals surface area contributed by atoms with Gasteiger partial charge in [0.05, 0.1) is 0 Å². The molecule has 0 saturated carbocycles. The first-order valence-corrected chi connectivity index (χ1v) is 14.9. The molecule has 2 heterocycles. The molecule has 7 aromatic rings. The number of thiophene rings is 1. The average molecular weight is 546 g/mol. The molecule has 0 bridgehead atoms. The van der Waals surface area contributed by atoms with Crippen molar-refractivity contribution >= 4 is 31.5 Å². The second-order valence-electron chi connectivity index (χ2n) is 11.7. The van der Waals surface area contributed by atoms with E-state index in [2.05, 4.69) is 141 Å². The van der Waals surface area contributed by atoms with Gasteiger partial charge in [-0.25, -0.2) is 0 Å². The summed E-state index contributed by atoms with van der Waals surface area (Å²) < 4.78 is 2.67. The van der Waals surface area contributed by atoms with Gasteiger partial charge in [-0.1, -0.05) is 136 Å². The number of aromatic nitrogens is 1. The van der Waals surface area contributed by atoms with Crippen molar-refractivity contribution < 1.29 is 0 Å². The van der Waals surface area contributed by atoms with E-state index in [1.165, 1.54) is 64.7 Å². The van der Waals surface area contributed by atoms with Crippen molar-refractivity contribution in [2.24, 2.45) is 0 Å². The Bertz CT molecular complexity index is 1990. The molecule has 41 heavy (non-hydrogen) atoms. The van der Waals surface area contributed by atoms with E-state index in [4.69, 9.17) is 0 Å². The van der Waals surface area contributed by atoms with Gasteiger partial charge < -0.3 is 0 Å². The molecule has 1 nitrogen and oxygen atoms in total. The van der Waals surface area contributed by atoms with E-state index in [1.54, 1.807) is 0 Å². The summed E-state index contributed by atoms with van der Waals surface area (Å²) in [6, 6.07) is 44.3. The molecule has 0 amide bonds. The van der Waals surface area contributed by atoms with Gasteiger partial charge in [-0.2, -0.15) is 0 Å². The zero-order valence-electron chi connectivity index (χ0n) is 23.6. The Kier molecular flexibility index (Phi) is 6.29. The van der Waals surface area contributed by atoms with Crippen molar-refractivity contribution in [3.63, 3.8) is 0 Å². The third-order valence-electron chi connectivity index (χ3n) is 7.96. The Morgan fingerprint density at radius 2 is 0.976 bits per heavy atom. The molecule has 0 aliphatic rings. The van der Waals surface area contributed by atoms with Crippen LogP contribution in [0.5, 0.6) is 0 Å². The van der Waals surface area contributed by atoms with Gasteiger partial charge >= 0.3 is 0 Å². The minimum Gasteiger partial charge on any atom is -0.264 e. The van der Waals surface area contributed by atoms with E-state index in [-0.39, 0.29) is 5.41 Å². The van der Waals surface area contributed by atoms with Crippen molar-refractivity contribution in [3.05, 3.63) is 139 Å². The summed E-state index contributed by atoms with van der Waals surface area (Å²) in [5, 5.41) is 2.63. The Morgan fingerprint density at radius 1 is 0.463 bits per heavy atom. The summed E-state index contributed by atoms with van der Waals surface area (Å²) in [4.78, 5) is 4.28. The highest BCUT2D eigenvalue weighted by atomic mass is 32.1. The van der Waals surface area contributed by atoms with Crippen LogP contribution < -0.4 is 0 Å². The molecule has 0 aliphatic heterocycles. The largest absolute Gasteiger partial charge is 0.264 e. The molecule has 0 aliphatic carbocycles. The Balaban J connectivity index is 1.30. The standard InChI is InChI=1S/C39H31NS/c1-39(2,3)36-15-5-4-10-31(36)27-20-22-29(23-21-27)33-12-7-14-35-34-13-6-11-32(37(34)41-38(33)35)28-18-16-26(17-19-28)30-9-8-24-40-25-30/h4-25H,1-3H3. The zero-order valence-corrected chi connectivity index (χ0v) is 24.4. The number of hydrogen-bond acceptors (Lipinski definition) is 2. The van der Waals surface area contributed by atoms with Gasteiger partial charge in [0.1, 0.15) is 0 Å². The van der Waals surface area contributed by atoms with E-state index in [1.807, 2.05) is 29.8 Å². The maximum Gasteiger partial charge on any atom is 0.0434 e. The van der Waals surface area contributed by atoms with Crippen LogP contribution in [0.1, 0.15) is 26.3 Å². The molecule has 0 spiro atoms. The van der Waals surface area contributed by atoms with Crippen LogP contribution in [-0.4, -0.2) is 4.98 Å². The lowest BCUT2D eigenvalue weighted by molar-refractivity contribution is 0.592. The topological polar surface area (TPSA) is 12.9 Å². The highest BCUT2D eigenvalue weighted by Gasteiger charge is 2.19. The summed E-state index contributed by atoms with van der Waals surface area (Å²) in [6.45, 7) is 6.85.